The molecule has 2 aliphatic carbocycles. The number of hydrogen-bond acceptors (Lipinski definition) is 5. The van der Waals surface area contributed by atoms with Crippen LogP contribution in [0, 0.1) is 11.3 Å². The molecule has 25 heavy (non-hydrogen) atoms. The lowest BCUT2D eigenvalue weighted by atomic mass is 9.58. The number of aliphatic hydroxyl groups excluding tert-OH is 1. The fraction of sp³-hybridized carbons (Fsp3) is 0.600. The summed E-state index contributed by atoms with van der Waals surface area (Å²) in [5.74, 6) is -1.23. The number of carbonyl (C=O) groups is 2. The van der Waals surface area contributed by atoms with Gasteiger partial charge < -0.3 is 14.6 Å². The number of fused-ring (bicyclic) bond motifs is 3. The molecule has 5 heteroatoms. The van der Waals surface area contributed by atoms with Gasteiger partial charge in [0.2, 0.25) is 0 Å². The van der Waals surface area contributed by atoms with Crippen LogP contribution < -0.4 is 0 Å². The highest BCUT2D eigenvalue weighted by atomic mass is 16.6. The average molecular weight is 346 g/mol. The van der Waals surface area contributed by atoms with Crippen LogP contribution in [0.3, 0.4) is 0 Å². The number of ether oxygens (including phenoxy) is 2. The second-order valence-electron chi connectivity index (χ2n) is 7.66. The van der Waals surface area contributed by atoms with Crippen molar-refractivity contribution in [3.63, 3.8) is 0 Å². The van der Waals surface area contributed by atoms with E-state index in [9.17, 15) is 14.7 Å². The largest absolute Gasteiger partial charge is 0.458 e. The molecule has 3 rings (SSSR count). The van der Waals surface area contributed by atoms with Crippen LogP contribution in [0.5, 0.6) is 0 Å². The normalized spacial score (nSPS) is 38.2. The molecule has 1 heterocycles. The molecule has 0 aromatic rings. The lowest BCUT2D eigenvalue weighted by Crippen LogP contribution is -2.53. The van der Waals surface area contributed by atoms with Gasteiger partial charge in [-0.1, -0.05) is 25.2 Å². The molecule has 0 aromatic carbocycles. The third kappa shape index (κ3) is 2.65. The maximum absolute atomic E-state index is 12.3. The van der Waals surface area contributed by atoms with E-state index in [2.05, 4.69) is 6.58 Å². The van der Waals surface area contributed by atoms with Crippen LogP contribution in [0.2, 0.25) is 0 Å². The Balaban J connectivity index is 2.03. The highest BCUT2D eigenvalue weighted by Crippen LogP contribution is 2.56. The Morgan fingerprint density at radius 1 is 1.48 bits per heavy atom. The van der Waals surface area contributed by atoms with Gasteiger partial charge in [-0.05, 0) is 45.6 Å². The Bertz CT molecular complexity index is 701. The van der Waals surface area contributed by atoms with Gasteiger partial charge in [-0.2, -0.15) is 0 Å². The standard InChI is InChI=1S/C20H26O5/c1-6-10(2)18(22)24-13-9-20(5)14(21)8-7-11(3)16(20)17-15(13)12(4)19(23)25-17/h6,13-15,17,21H,4,7-9H2,1-3,5H3/b10-6+/t13-,14-,15-,17+,20+/m1/s1. The van der Waals surface area contributed by atoms with Gasteiger partial charge in [0, 0.05) is 16.6 Å². The molecule has 0 spiro atoms. The summed E-state index contributed by atoms with van der Waals surface area (Å²) in [5, 5.41) is 10.7. The molecule has 1 saturated heterocycles. The highest BCUT2D eigenvalue weighted by Gasteiger charge is 2.59. The molecule has 0 aromatic heterocycles. The SMILES string of the molecule is C=C1C(=O)O[C@@H]2C3=C(C)CC[C@@H](O)[C@]3(C)C[C@@H](OC(=O)/C(C)=C/C)[C@@H]12. The van der Waals surface area contributed by atoms with E-state index in [-0.39, 0.29) is 5.92 Å². The van der Waals surface area contributed by atoms with Crippen molar-refractivity contribution in [2.24, 2.45) is 11.3 Å². The minimum absolute atomic E-state index is 0.350. The molecule has 0 amide bonds. The van der Waals surface area contributed by atoms with Crippen LogP contribution >= 0.6 is 0 Å². The zero-order chi connectivity index (χ0) is 18.5. The summed E-state index contributed by atoms with van der Waals surface area (Å²) < 4.78 is 11.4. The number of carbonyl (C=O) groups excluding carboxylic acids is 2. The summed E-state index contributed by atoms with van der Waals surface area (Å²) in [5.41, 5.74) is 2.43. The van der Waals surface area contributed by atoms with Gasteiger partial charge in [-0.3, -0.25) is 0 Å². The zero-order valence-electron chi connectivity index (χ0n) is 15.3. The fourth-order valence-corrected chi connectivity index (χ4v) is 4.54. The third-order valence-electron chi connectivity index (χ3n) is 6.15. The zero-order valence-corrected chi connectivity index (χ0v) is 15.3. The first-order valence-corrected chi connectivity index (χ1v) is 8.82. The maximum Gasteiger partial charge on any atom is 0.334 e. The monoisotopic (exact) mass is 346 g/mol. The number of esters is 2. The number of allylic oxidation sites excluding steroid dienone is 2. The van der Waals surface area contributed by atoms with Crippen LogP contribution in [-0.2, 0) is 19.1 Å². The molecule has 0 bridgehead atoms. The number of aliphatic hydroxyl groups is 1. The molecule has 136 valence electrons. The minimum atomic E-state index is -0.566. The van der Waals surface area contributed by atoms with Crippen LogP contribution in [0.25, 0.3) is 0 Å². The predicted molar refractivity (Wildman–Crippen MR) is 92.5 cm³/mol. The van der Waals surface area contributed by atoms with E-state index in [0.29, 0.717) is 24.0 Å². The Morgan fingerprint density at radius 2 is 2.16 bits per heavy atom. The summed E-state index contributed by atoms with van der Waals surface area (Å²) in [4.78, 5) is 24.5. The summed E-state index contributed by atoms with van der Waals surface area (Å²) in [6.07, 6.45) is 2.00. The van der Waals surface area contributed by atoms with E-state index in [4.69, 9.17) is 9.47 Å². The first-order valence-electron chi connectivity index (χ1n) is 8.82. The first-order chi connectivity index (χ1) is 11.7. The molecule has 1 aliphatic heterocycles. The molecule has 1 saturated carbocycles. The summed E-state index contributed by atoms with van der Waals surface area (Å²) in [6.45, 7) is 11.4. The third-order valence-corrected chi connectivity index (χ3v) is 6.15. The summed E-state index contributed by atoms with van der Waals surface area (Å²) in [6, 6.07) is 0. The van der Waals surface area contributed by atoms with Crippen molar-refractivity contribution in [2.75, 3.05) is 0 Å². The number of rotatable bonds is 2. The predicted octanol–water partition coefficient (Wildman–Crippen LogP) is 2.84. The minimum Gasteiger partial charge on any atom is -0.458 e. The highest BCUT2D eigenvalue weighted by molar-refractivity contribution is 5.92. The topological polar surface area (TPSA) is 72.8 Å². The summed E-state index contributed by atoms with van der Waals surface area (Å²) >= 11 is 0. The van der Waals surface area contributed by atoms with E-state index in [0.717, 1.165) is 17.6 Å². The van der Waals surface area contributed by atoms with Crippen molar-refractivity contribution < 1.29 is 24.2 Å². The first kappa shape index (κ1) is 17.9. The lowest BCUT2D eigenvalue weighted by molar-refractivity contribution is -0.155. The molecule has 0 unspecified atom stereocenters. The Kier molecular flexibility index (Phi) is 4.40. The number of hydrogen-bond donors (Lipinski definition) is 1. The van der Waals surface area contributed by atoms with Crippen molar-refractivity contribution in [1.82, 2.24) is 0 Å². The molecule has 1 N–H and O–H groups in total. The fourth-order valence-electron chi connectivity index (χ4n) is 4.54. The van der Waals surface area contributed by atoms with Gasteiger partial charge in [0.1, 0.15) is 12.2 Å². The maximum atomic E-state index is 12.3. The van der Waals surface area contributed by atoms with E-state index < -0.39 is 35.7 Å². The Hall–Kier alpha value is -1.88. The second kappa shape index (κ2) is 6.13. The van der Waals surface area contributed by atoms with E-state index in [1.165, 1.54) is 0 Å². The van der Waals surface area contributed by atoms with Crippen molar-refractivity contribution in [3.05, 3.63) is 34.9 Å². The molecule has 2 fully saturated rings. The van der Waals surface area contributed by atoms with Gasteiger partial charge >= 0.3 is 11.9 Å². The molecule has 5 atom stereocenters. The van der Waals surface area contributed by atoms with Gasteiger partial charge in [0.15, 0.2) is 0 Å². The summed E-state index contributed by atoms with van der Waals surface area (Å²) in [7, 11) is 0. The average Bonchev–Trinajstić information content (AvgIpc) is 2.85. The van der Waals surface area contributed by atoms with Crippen molar-refractivity contribution in [1.29, 1.82) is 0 Å². The molecule has 5 nitrogen and oxygen atoms in total. The molecular weight excluding hydrogens is 320 g/mol. The van der Waals surface area contributed by atoms with E-state index in [1.54, 1.807) is 19.9 Å². The van der Waals surface area contributed by atoms with Crippen LogP contribution in [0.1, 0.15) is 47.0 Å². The molecule has 0 radical (unpaired) electrons. The second-order valence-corrected chi connectivity index (χ2v) is 7.66. The van der Waals surface area contributed by atoms with Crippen molar-refractivity contribution in [3.8, 4) is 0 Å². The molecule has 3 aliphatic rings. The van der Waals surface area contributed by atoms with Gasteiger partial charge in [0.25, 0.3) is 0 Å². The van der Waals surface area contributed by atoms with Crippen LogP contribution in [-0.4, -0.2) is 35.4 Å². The quantitative estimate of drug-likeness (QED) is 0.473. The molecular formula is C20H26O5. The van der Waals surface area contributed by atoms with E-state index >= 15 is 0 Å². The van der Waals surface area contributed by atoms with Gasteiger partial charge in [-0.25, -0.2) is 9.59 Å². The Labute approximate surface area is 148 Å². The van der Waals surface area contributed by atoms with Crippen molar-refractivity contribution in [2.45, 2.75) is 65.3 Å². The van der Waals surface area contributed by atoms with Gasteiger partial charge in [-0.15, -0.1) is 0 Å². The van der Waals surface area contributed by atoms with Gasteiger partial charge in [0.05, 0.1) is 12.0 Å². The van der Waals surface area contributed by atoms with E-state index in [1.807, 2.05) is 13.8 Å². The smallest absolute Gasteiger partial charge is 0.334 e. The van der Waals surface area contributed by atoms with Crippen LogP contribution in [0.4, 0.5) is 0 Å². The van der Waals surface area contributed by atoms with Crippen molar-refractivity contribution >= 4 is 11.9 Å². The Morgan fingerprint density at radius 3 is 2.80 bits per heavy atom. The van der Waals surface area contributed by atoms with Crippen LogP contribution in [0.15, 0.2) is 34.9 Å². The lowest BCUT2D eigenvalue weighted by Gasteiger charge is -2.50.